The largest absolute Gasteiger partial charge is 0.493 e. The molecule has 3 N–H and O–H groups in total. The first-order chi connectivity index (χ1) is 12.9. The van der Waals surface area contributed by atoms with Crippen molar-refractivity contribution in [1.82, 2.24) is 10.6 Å². The Labute approximate surface area is 183 Å². The molecule has 2 atom stereocenters. The molecule has 0 bridgehead atoms. The van der Waals surface area contributed by atoms with Crippen molar-refractivity contribution < 1.29 is 14.3 Å². The summed E-state index contributed by atoms with van der Waals surface area (Å²) in [5.41, 5.74) is 0.967. The van der Waals surface area contributed by atoms with Crippen LogP contribution in [0.15, 0.2) is 39.7 Å². The van der Waals surface area contributed by atoms with Crippen molar-refractivity contribution in [3.8, 4) is 5.75 Å². The molecule has 2 aromatic rings. The van der Waals surface area contributed by atoms with Gasteiger partial charge in [0, 0.05) is 25.1 Å². The van der Waals surface area contributed by atoms with E-state index in [0.29, 0.717) is 18.4 Å². The van der Waals surface area contributed by atoms with Crippen molar-refractivity contribution in [2.24, 2.45) is 4.99 Å². The Kier molecular flexibility index (Phi) is 7.77. The number of hydrogen-bond donors (Lipinski definition) is 3. The lowest BCUT2D eigenvalue weighted by atomic mass is 9.93. The summed E-state index contributed by atoms with van der Waals surface area (Å²) in [5, 5.41) is 17.4. The lowest BCUT2D eigenvalue weighted by Crippen LogP contribution is -2.45. The van der Waals surface area contributed by atoms with Crippen LogP contribution in [0.25, 0.3) is 0 Å². The van der Waals surface area contributed by atoms with Gasteiger partial charge in [-0.15, -0.1) is 24.0 Å². The average Bonchev–Trinajstić information content (AvgIpc) is 3.01. The van der Waals surface area contributed by atoms with Gasteiger partial charge in [0.25, 0.3) is 0 Å². The number of fused-ring (bicyclic) bond motifs is 1. The van der Waals surface area contributed by atoms with Gasteiger partial charge in [-0.05, 0) is 44.9 Å². The zero-order valence-corrected chi connectivity index (χ0v) is 19.2. The maximum Gasteiger partial charge on any atom is 0.191 e. The summed E-state index contributed by atoms with van der Waals surface area (Å²) in [5.74, 6) is 3.53. The van der Waals surface area contributed by atoms with Gasteiger partial charge < -0.3 is 24.9 Å². The number of rotatable bonds is 5. The molecule has 0 amide bonds. The Morgan fingerprint density at radius 3 is 2.71 bits per heavy atom. The molecule has 0 saturated carbocycles. The molecule has 6 nitrogen and oxygen atoms in total. The number of ether oxygens (including phenoxy) is 1. The number of nitrogens with zero attached hydrogens (tertiary/aromatic N) is 1. The standard InChI is InChI=1S/C21H29N3O3.HI/c1-14-11-18(15(2)27-14)21(3,25)13-24-20(22-4)23-12-16-9-10-26-19-8-6-5-7-17(16)19;/h5-8,11,16,25H,9-10,12-13H2,1-4H3,(H2,22,23,24);1H. The average molecular weight is 499 g/mol. The fraction of sp³-hybridized carbons (Fsp3) is 0.476. The molecule has 1 aromatic carbocycles. The second kappa shape index (κ2) is 9.65. The third kappa shape index (κ3) is 5.20. The molecule has 7 heteroatoms. The van der Waals surface area contributed by atoms with E-state index in [1.165, 1.54) is 5.56 Å². The molecule has 0 aliphatic carbocycles. The van der Waals surface area contributed by atoms with E-state index in [1.807, 2.05) is 38.1 Å². The van der Waals surface area contributed by atoms with Crippen LogP contribution in [-0.2, 0) is 5.60 Å². The van der Waals surface area contributed by atoms with Crippen LogP contribution in [0.2, 0.25) is 0 Å². The van der Waals surface area contributed by atoms with Crippen molar-refractivity contribution in [3.63, 3.8) is 0 Å². The van der Waals surface area contributed by atoms with Gasteiger partial charge in [0.1, 0.15) is 22.9 Å². The minimum Gasteiger partial charge on any atom is -0.493 e. The summed E-state index contributed by atoms with van der Waals surface area (Å²) in [6.45, 7) is 7.34. The third-order valence-electron chi connectivity index (χ3n) is 5.04. The molecule has 0 spiro atoms. The second-order valence-corrected chi connectivity index (χ2v) is 7.28. The molecule has 1 aliphatic heterocycles. The van der Waals surface area contributed by atoms with Crippen molar-refractivity contribution in [3.05, 3.63) is 53.0 Å². The smallest absolute Gasteiger partial charge is 0.191 e. The molecule has 0 fully saturated rings. The summed E-state index contributed by atoms with van der Waals surface area (Å²) in [4.78, 5) is 4.28. The van der Waals surface area contributed by atoms with Crippen molar-refractivity contribution in [2.75, 3.05) is 26.7 Å². The first-order valence-corrected chi connectivity index (χ1v) is 9.37. The Morgan fingerprint density at radius 1 is 1.29 bits per heavy atom. The molecule has 1 aliphatic rings. The Balaban J connectivity index is 0.00000280. The predicted molar refractivity (Wildman–Crippen MR) is 122 cm³/mol. The Morgan fingerprint density at radius 2 is 2.04 bits per heavy atom. The number of guanidine groups is 1. The fourth-order valence-corrected chi connectivity index (χ4v) is 3.58. The Bertz CT molecular complexity index is 817. The first kappa shape index (κ1) is 22.5. The van der Waals surface area contributed by atoms with Gasteiger partial charge in [-0.1, -0.05) is 18.2 Å². The number of nitrogens with one attached hydrogen (secondary N) is 2. The quantitative estimate of drug-likeness (QED) is 0.334. The number of aliphatic hydroxyl groups is 1. The van der Waals surface area contributed by atoms with E-state index >= 15 is 0 Å². The zero-order chi connectivity index (χ0) is 19.4. The fourth-order valence-electron chi connectivity index (χ4n) is 3.58. The molecule has 2 heterocycles. The van der Waals surface area contributed by atoms with Crippen LogP contribution in [0.5, 0.6) is 5.75 Å². The summed E-state index contributed by atoms with van der Waals surface area (Å²) < 4.78 is 11.3. The number of hydrogen-bond acceptors (Lipinski definition) is 4. The highest BCUT2D eigenvalue weighted by molar-refractivity contribution is 14.0. The molecule has 1 aromatic heterocycles. The van der Waals surface area contributed by atoms with Crippen molar-refractivity contribution in [2.45, 2.75) is 38.7 Å². The van der Waals surface area contributed by atoms with Gasteiger partial charge in [-0.2, -0.15) is 0 Å². The van der Waals surface area contributed by atoms with Gasteiger partial charge in [0.15, 0.2) is 5.96 Å². The topological polar surface area (TPSA) is 79.0 Å². The highest BCUT2D eigenvalue weighted by Crippen LogP contribution is 2.32. The predicted octanol–water partition coefficient (Wildman–Crippen LogP) is 3.45. The van der Waals surface area contributed by atoms with Crippen molar-refractivity contribution in [1.29, 1.82) is 0 Å². The lowest BCUT2D eigenvalue weighted by Gasteiger charge is -2.28. The highest BCUT2D eigenvalue weighted by atomic mass is 127. The van der Waals surface area contributed by atoms with Gasteiger partial charge in [-0.25, -0.2) is 0 Å². The van der Waals surface area contributed by atoms with E-state index in [9.17, 15) is 5.11 Å². The minimum atomic E-state index is -1.05. The van der Waals surface area contributed by atoms with Gasteiger partial charge in [0.05, 0.1) is 13.2 Å². The van der Waals surface area contributed by atoms with E-state index in [2.05, 4.69) is 21.7 Å². The molecule has 0 radical (unpaired) electrons. The van der Waals surface area contributed by atoms with E-state index in [1.54, 1.807) is 14.0 Å². The molecule has 154 valence electrons. The van der Waals surface area contributed by atoms with E-state index in [0.717, 1.165) is 42.4 Å². The number of aryl methyl sites for hydroxylation is 2. The number of furan rings is 1. The Hall–Kier alpha value is -1.74. The zero-order valence-electron chi connectivity index (χ0n) is 16.9. The summed E-state index contributed by atoms with van der Waals surface area (Å²) in [6.07, 6.45) is 0.964. The SMILES string of the molecule is CN=C(NCC1CCOc2ccccc21)NCC(C)(O)c1cc(C)oc1C.I. The van der Waals surface area contributed by atoms with E-state index < -0.39 is 5.60 Å². The number of benzene rings is 1. The molecule has 28 heavy (non-hydrogen) atoms. The van der Waals surface area contributed by atoms with Crippen molar-refractivity contribution >= 4 is 29.9 Å². The molecular weight excluding hydrogens is 469 g/mol. The number of halogens is 1. The van der Waals surface area contributed by atoms with Crippen LogP contribution in [0, 0.1) is 13.8 Å². The van der Waals surface area contributed by atoms with Crippen LogP contribution in [0.4, 0.5) is 0 Å². The van der Waals surface area contributed by atoms with E-state index in [4.69, 9.17) is 9.15 Å². The maximum absolute atomic E-state index is 10.8. The normalized spacial score (nSPS) is 18.3. The molecule has 3 rings (SSSR count). The van der Waals surface area contributed by atoms with Crippen LogP contribution < -0.4 is 15.4 Å². The second-order valence-electron chi connectivity index (χ2n) is 7.28. The maximum atomic E-state index is 10.8. The summed E-state index contributed by atoms with van der Waals surface area (Å²) in [7, 11) is 1.73. The third-order valence-corrected chi connectivity index (χ3v) is 5.04. The van der Waals surface area contributed by atoms with Crippen LogP contribution in [0.1, 0.15) is 41.9 Å². The van der Waals surface area contributed by atoms with Gasteiger partial charge >= 0.3 is 0 Å². The molecule has 2 unspecified atom stereocenters. The summed E-state index contributed by atoms with van der Waals surface area (Å²) in [6, 6.07) is 10.1. The van der Waals surface area contributed by atoms with E-state index in [-0.39, 0.29) is 24.0 Å². The number of para-hydroxylation sites is 1. The number of aliphatic imine (C=N–C) groups is 1. The van der Waals surface area contributed by atoms with Gasteiger partial charge in [-0.3, -0.25) is 4.99 Å². The summed E-state index contributed by atoms with van der Waals surface area (Å²) >= 11 is 0. The van der Waals surface area contributed by atoms with Crippen LogP contribution >= 0.6 is 24.0 Å². The molecule has 0 saturated heterocycles. The molecular formula is C21H30IN3O3. The van der Waals surface area contributed by atoms with Crippen LogP contribution in [0.3, 0.4) is 0 Å². The minimum absolute atomic E-state index is 0. The monoisotopic (exact) mass is 499 g/mol. The lowest BCUT2D eigenvalue weighted by molar-refractivity contribution is 0.0601. The van der Waals surface area contributed by atoms with Crippen LogP contribution in [-0.4, -0.2) is 37.8 Å². The first-order valence-electron chi connectivity index (χ1n) is 9.37. The van der Waals surface area contributed by atoms with Gasteiger partial charge in [0.2, 0.25) is 0 Å². The highest BCUT2D eigenvalue weighted by Gasteiger charge is 2.28.